The molecule has 0 saturated carbocycles. The van der Waals surface area contributed by atoms with E-state index in [-0.39, 0.29) is 11.8 Å². The van der Waals surface area contributed by atoms with Gasteiger partial charge in [0.25, 0.3) is 5.91 Å². The van der Waals surface area contributed by atoms with E-state index in [4.69, 9.17) is 0 Å². The minimum Gasteiger partial charge on any atom is -0.493 e. The van der Waals surface area contributed by atoms with Crippen LogP contribution in [0.4, 0.5) is 0 Å². The molecule has 0 atom stereocenters. The highest BCUT2D eigenvalue weighted by Gasteiger charge is 2.23. The fourth-order valence-electron chi connectivity index (χ4n) is 4.68. The summed E-state index contributed by atoms with van der Waals surface area (Å²) in [6.07, 6.45) is 3.57. The van der Waals surface area contributed by atoms with Crippen LogP contribution in [0.25, 0.3) is 33.6 Å². The van der Waals surface area contributed by atoms with Crippen molar-refractivity contribution in [2.45, 2.75) is 26.8 Å². The van der Waals surface area contributed by atoms with E-state index in [1.165, 1.54) is 0 Å². The molecule has 0 bridgehead atoms. The molecule has 0 spiro atoms. The van der Waals surface area contributed by atoms with E-state index < -0.39 is 0 Å². The van der Waals surface area contributed by atoms with Crippen LogP contribution in [0.1, 0.15) is 29.9 Å². The largest absolute Gasteiger partial charge is 0.493 e. The maximum atomic E-state index is 13.0. The number of nitrogens with zero attached hydrogens (tertiary/aromatic N) is 5. The Hall–Kier alpha value is -4.10. The highest BCUT2D eigenvalue weighted by Crippen LogP contribution is 2.30. The molecule has 0 unspecified atom stereocenters. The third kappa shape index (κ3) is 5.52. The summed E-state index contributed by atoms with van der Waals surface area (Å²) in [6, 6.07) is 19.5. The fourth-order valence-corrected chi connectivity index (χ4v) is 4.68. The predicted octanol–water partition coefficient (Wildman–Crippen LogP) is 5.05. The van der Waals surface area contributed by atoms with Crippen molar-refractivity contribution in [3.63, 3.8) is 0 Å². The number of aromatic nitrogens is 3. The maximum Gasteiger partial charge on any atom is 0.253 e. The number of amides is 1. The lowest BCUT2D eigenvalue weighted by molar-refractivity contribution is 0.0595. The second-order valence-electron chi connectivity index (χ2n) is 9.73. The molecule has 3 aromatic heterocycles. The maximum absolute atomic E-state index is 13.0. The quantitative estimate of drug-likeness (QED) is 0.419. The van der Waals surface area contributed by atoms with E-state index in [1.807, 2.05) is 66.4 Å². The fraction of sp³-hybridized carbons (Fsp3) is 0.267. The Balaban J connectivity index is 1.36. The van der Waals surface area contributed by atoms with Crippen molar-refractivity contribution in [3.8, 4) is 39.5 Å². The van der Waals surface area contributed by atoms with Gasteiger partial charge in [0.2, 0.25) is 5.88 Å². The highest BCUT2D eigenvalue weighted by atomic mass is 16.3. The zero-order chi connectivity index (χ0) is 25.9. The zero-order valence-corrected chi connectivity index (χ0v) is 21.4. The molecule has 188 valence electrons. The van der Waals surface area contributed by atoms with Crippen molar-refractivity contribution in [1.82, 2.24) is 24.8 Å². The Kier molecular flexibility index (Phi) is 6.97. The van der Waals surface area contributed by atoms with Crippen molar-refractivity contribution >= 4 is 5.91 Å². The van der Waals surface area contributed by atoms with Crippen molar-refractivity contribution < 1.29 is 9.90 Å². The normalized spacial score (nSPS) is 14.2. The van der Waals surface area contributed by atoms with Gasteiger partial charge in [0.05, 0.1) is 11.4 Å². The van der Waals surface area contributed by atoms with Crippen LogP contribution >= 0.6 is 0 Å². The summed E-state index contributed by atoms with van der Waals surface area (Å²) < 4.78 is 0. The number of benzene rings is 1. The molecule has 1 fully saturated rings. The van der Waals surface area contributed by atoms with Crippen molar-refractivity contribution in [2.75, 3.05) is 26.2 Å². The second-order valence-corrected chi connectivity index (χ2v) is 9.73. The molecule has 4 aromatic rings. The first-order valence-corrected chi connectivity index (χ1v) is 12.6. The number of piperazine rings is 1. The van der Waals surface area contributed by atoms with Crippen LogP contribution < -0.4 is 0 Å². The Bertz CT molecular complexity index is 1410. The molecule has 37 heavy (non-hydrogen) atoms. The number of carbonyl (C=O) groups excluding carboxylic acids is 1. The average molecular weight is 494 g/mol. The topological polar surface area (TPSA) is 82.5 Å². The molecule has 0 aliphatic carbocycles. The second kappa shape index (κ2) is 10.5. The summed E-state index contributed by atoms with van der Waals surface area (Å²) in [5.74, 6) is 0.00434. The highest BCUT2D eigenvalue weighted by molar-refractivity contribution is 5.94. The number of hydrogen-bond acceptors (Lipinski definition) is 6. The molecule has 1 aliphatic rings. The van der Waals surface area contributed by atoms with Gasteiger partial charge in [-0.2, -0.15) is 0 Å². The van der Waals surface area contributed by atoms with Crippen LogP contribution in [0.5, 0.6) is 5.88 Å². The zero-order valence-electron chi connectivity index (χ0n) is 21.4. The molecular formula is C30H31N5O2. The first kappa shape index (κ1) is 24.6. The minimum absolute atomic E-state index is 0.0710. The van der Waals surface area contributed by atoms with Gasteiger partial charge in [0, 0.05) is 73.1 Å². The Morgan fingerprint density at radius 1 is 0.811 bits per heavy atom. The van der Waals surface area contributed by atoms with Crippen molar-refractivity contribution in [2.24, 2.45) is 0 Å². The van der Waals surface area contributed by atoms with Gasteiger partial charge in [-0.05, 0) is 68.3 Å². The smallest absolute Gasteiger partial charge is 0.253 e. The number of hydrogen-bond donors (Lipinski definition) is 1. The summed E-state index contributed by atoms with van der Waals surface area (Å²) >= 11 is 0. The van der Waals surface area contributed by atoms with Gasteiger partial charge in [0.15, 0.2) is 0 Å². The molecule has 4 heterocycles. The average Bonchev–Trinajstić information content (AvgIpc) is 2.92. The number of aromatic hydroxyl groups is 1. The number of carbonyl (C=O) groups is 1. The molecule has 5 rings (SSSR count). The standard InChI is InChI=1S/C30H31N5O2/c1-20(2)34-11-13-35(14-12-34)30(37)23-9-7-22(8-10-23)25-15-26(19-31-18-25)24-16-28(33-29(36)17-24)27-6-4-5-21(3)32-27/h4-10,15-20H,11-14H2,1-3H3,(H,33,36). The molecule has 7 nitrogen and oxygen atoms in total. The summed E-state index contributed by atoms with van der Waals surface area (Å²) in [7, 11) is 0. The lowest BCUT2D eigenvalue weighted by Gasteiger charge is -2.37. The first-order chi connectivity index (χ1) is 17.9. The molecule has 0 radical (unpaired) electrons. The van der Waals surface area contributed by atoms with E-state index in [2.05, 4.69) is 33.7 Å². The minimum atomic E-state index is -0.0710. The summed E-state index contributed by atoms with van der Waals surface area (Å²) in [5, 5.41) is 10.3. The summed E-state index contributed by atoms with van der Waals surface area (Å²) in [6.45, 7) is 9.63. The van der Waals surface area contributed by atoms with Crippen LogP contribution in [0, 0.1) is 6.92 Å². The van der Waals surface area contributed by atoms with Gasteiger partial charge in [-0.3, -0.25) is 19.7 Å². The van der Waals surface area contributed by atoms with E-state index in [0.29, 0.717) is 23.0 Å². The molecule has 1 N–H and O–H groups in total. The molecule has 1 aliphatic heterocycles. The number of aryl methyl sites for hydroxylation is 1. The molecule has 1 aromatic carbocycles. The molecule has 7 heteroatoms. The van der Waals surface area contributed by atoms with E-state index in [1.54, 1.807) is 18.5 Å². The van der Waals surface area contributed by atoms with E-state index in [0.717, 1.165) is 54.1 Å². The van der Waals surface area contributed by atoms with Gasteiger partial charge < -0.3 is 10.0 Å². The van der Waals surface area contributed by atoms with Gasteiger partial charge in [-0.25, -0.2) is 4.98 Å². The molecule has 1 amide bonds. The van der Waals surface area contributed by atoms with Crippen LogP contribution in [-0.2, 0) is 0 Å². The predicted molar refractivity (Wildman–Crippen MR) is 145 cm³/mol. The molecule has 1 saturated heterocycles. The monoisotopic (exact) mass is 493 g/mol. The first-order valence-electron chi connectivity index (χ1n) is 12.6. The Labute approximate surface area is 217 Å². The van der Waals surface area contributed by atoms with Crippen LogP contribution in [-0.4, -0.2) is 68.0 Å². The van der Waals surface area contributed by atoms with Gasteiger partial charge >= 0.3 is 0 Å². The SMILES string of the molecule is Cc1cccc(-c2cc(-c3cncc(-c4ccc(C(=O)N5CCN(C(C)C)CC5)cc4)c3)cc(O)n2)n1. The summed E-state index contributed by atoms with van der Waals surface area (Å²) in [5.41, 5.74) is 6.42. The molecular weight excluding hydrogens is 462 g/mol. The lowest BCUT2D eigenvalue weighted by atomic mass is 10.0. The van der Waals surface area contributed by atoms with Crippen LogP contribution in [0.3, 0.4) is 0 Å². The van der Waals surface area contributed by atoms with Gasteiger partial charge in [-0.1, -0.05) is 18.2 Å². The van der Waals surface area contributed by atoms with Crippen molar-refractivity contribution in [1.29, 1.82) is 0 Å². The van der Waals surface area contributed by atoms with Gasteiger partial charge in [0.1, 0.15) is 0 Å². The Morgan fingerprint density at radius 2 is 1.51 bits per heavy atom. The van der Waals surface area contributed by atoms with Crippen molar-refractivity contribution in [3.05, 3.63) is 84.3 Å². The lowest BCUT2D eigenvalue weighted by Crippen LogP contribution is -2.50. The third-order valence-electron chi connectivity index (χ3n) is 6.83. The Morgan fingerprint density at radius 3 is 2.19 bits per heavy atom. The summed E-state index contributed by atoms with van der Waals surface area (Å²) in [4.78, 5) is 30.6. The van der Waals surface area contributed by atoms with Gasteiger partial charge in [-0.15, -0.1) is 0 Å². The number of pyridine rings is 3. The van der Waals surface area contributed by atoms with Crippen LogP contribution in [0.15, 0.2) is 73.1 Å². The van der Waals surface area contributed by atoms with Crippen LogP contribution in [0.2, 0.25) is 0 Å². The van der Waals surface area contributed by atoms with E-state index in [9.17, 15) is 9.90 Å². The third-order valence-corrected chi connectivity index (χ3v) is 6.83. The van der Waals surface area contributed by atoms with E-state index >= 15 is 0 Å². The number of rotatable bonds is 5.